The number of carbonyl (C=O) groups excluding carboxylic acids is 1. The summed E-state index contributed by atoms with van der Waals surface area (Å²) in [6.45, 7) is 11.2. The molecule has 1 heterocycles. The Morgan fingerprint density at radius 3 is 2.36 bits per heavy atom. The SMILES string of the molecule is COc1cc(C(=O)N2CCN(C(C#N)C(C)C)CC2)cc(Cl)c1OCC(C)C. The van der Waals surface area contributed by atoms with Crippen molar-refractivity contribution in [1.29, 1.82) is 5.26 Å². The minimum atomic E-state index is -0.121. The largest absolute Gasteiger partial charge is 0.493 e. The van der Waals surface area contributed by atoms with Crippen LogP contribution in [-0.2, 0) is 0 Å². The molecule has 1 amide bonds. The van der Waals surface area contributed by atoms with Crippen LogP contribution in [0.25, 0.3) is 0 Å². The third-order valence-corrected chi connectivity index (χ3v) is 5.08. The van der Waals surface area contributed by atoms with E-state index in [0.717, 1.165) is 0 Å². The Balaban J connectivity index is 2.11. The maximum Gasteiger partial charge on any atom is 0.254 e. The molecule has 1 aliphatic rings. The number of rotatable bonds is 7. The Morgan fingerprint density at radius 2 is 1.86 bits per heavy atom. The van der Waals surface area contributed by atoms with Gasteiger partial charge in [-0.3, -0.25) is 9.69 Å². The highest BCUT2D eigenvalue weighted by Crippen LogP contribution is 2.37. The van der Waals surface area contributed by atoms with Gasteiger partial charge in [0.15, 0.2) is 11.5 Å². The fourth-order valence-electron chi connectivity index (χ4n) is 3.27. The maximum absolute atomic E-state index is 13.0. The van der Waals surface area contributed by atoms with Crippen LogP contribution in [0, 0.1) is 23.2 Å². The van der Waals surface area contributed by atoms with E-state index in [4.69, 9.17) is 21.1 Å². The number of benzene rings is 1. The van der Waals surface area contributed by atoms with Gasteiger partial charge in [0.05, 0.1) is 24.8 Å². The topological polar surface area (TPSA) is 65.8 Å². The Bertz CT molecular complexity index is 722. The van der Waals surface area contributed by atoms with E-state index in [2.05, 4.69) is 11.0 Å². The predicted molar refractivity (Wildman–Crippen MR) is 110 cm³/mol. The number of hydrogen-bond donors (Lipinski definition) is 0. The van der Waals surface area contributed by atoms with E-state index in [0.29, 0.717) is 60.8 Å². The summed E-state index contributed by atoms with van der Waals surface area (Å²) in [5, 5.41) is 9.75. The van der Waals surface area contributed by atoms with Gasteiger partial charge in [0.1, 0.15) is 6.04 Å². The number of methoxy groups -OCH3 is 1. The lowest BCUT2D eigenvalue weighted by Gasteiger charge is -2.38. The summed E-state index contributed by atoms with van der Waals surface area (Å²) in [6, 6.07) is 5.57. The summed E-state index contributed by atoms with van der Waals surface area (Å²) in [6.07, 6.45) is 0. The summed E-state index contributed by atoms with van der Waals surface area (Å²) < 4.78 is 11.2. The minimum Gasteiger partial charge on any atom is -0.493 e. The standard InChI is InChI=1S/C21H30ClN3O3/c1-14(2)13-28-20-17(22)10-16(11-19(20)27-5)21(26)25-8-6-24(7-9-25)18(12-23)15(3)4/h10-11,14-15,18H,6-9,13H2,1-5H3. The molecule has 0 aliphatic carbocycles. The van der Waals surface area contributed by atoms with E-state index in [1.165, 1.54) is 7.11 Å². The zero-order chi connectivity index (χ0) is 20.8. The molecule has 0 radical (unpaired) electrons. The first-order chi connectivity index (χ1) is 13.3. The van der Waals surface area contributed by atoms with Gasteiger partial charge in [-0.05, 0) is 24.0 Å². The number of ether oxygens (including phenoxy) is 2. The summed E-state index contributed by atoms with van der Waals surface area (Å²) in [5.74, 6) is 1.44. The molecule has 6 nitrogen and oxygen atoms in total. The molecule has 1 aliphatic heterocycles. The van der Waals surface area contributed by atoms with Crippen molar-refractivity contribution in [3.63, 3.8) is 0 Å². The van der Waals surface area contributed by atoms with Crippen LogP contribution < -0.4 is 9.47 Å². The van der Waals surface area contributed by atoms with E-state index in [1.54, 1.807) is 17.0 Å². The normalized spacial score (nSPS) is 16.2. The first kappa shape index (κ1) is 22.3. The first-order valence-corrected chi connectivity index (χ1v) is 10.1. The van der Waals surface area contributed by atoms with Crippen molar-refractivity contribution in [3.05, 3.63) is 22.7 Å². The lowest BCUT2D eigenvalue weighted by Crippen LogP contribution is -2.52. The Hall–Kier alpha value is -1.97. The zero-order valence-electron chi connectivity index (χ0n) is 17.4. The average molecular weight is 408 g/mol. The lowest BCUT2D eigenvalue weighted by atomic mass is 10.0. The van der Waals surface area contributed by atoms with Crippen molar-refractivity contribution in [3.8, 4) is 17.6 Å². The third kappa shape index (κ3) is 5.30. The molecule has 2 rings (SSSR count). The fourth-order valence-corrected chi connectivity index (χ4v) is 3.54. The van der Waals surface area contributed by atoms with Crippen molar-refractivity contribution in [2.75, 3.05) is 39.9 Å². The van der Waals surface area contributed by atoms with Gasteiger partial charge >= 0.3 is 0 Å². The summed E-state index contributed by atoms with van der Waals surface area (Å²) in [4.78, 5) is 16.9. The summed E-state index contributed by atoms with van der Waals surface area (Å²) in [7, 11) is 1.54. The Labute approximate surface area is 173 Å². The van der Waals surface area contributed by atoms with Crippen molar-refractivity contribution in [2.45, 2.75) is 33.7 Å². The molecule has 0 aromatic heterocycles. The van der Waals surface area contributed by atoms with Crippen LogP contribution in [0.3, 0.4) is 0 Å². The van der Waals surface area contributed by atoms with Crippen molar-refractivity contribution in [2.24, 2.45) is 11.8 Å². The molecule has 1 aromatic carbocycles. The van der Waals surface area contributed by atoms with E-state index in [-0.39, 0.29) is 17.9 Å². The number of carbonyl (C=O) groups is 1. The van der Waals surface area contributed by atoms with Gasteiger partial charge in [0.2, 0.25) is 0 Å². The molecule has 154 valence electrons. The van der Waals surface area contributed by atoms with Crippen LogP contribution in [0.1, 0.15) is 38.1 Å². The number of hydrogen-bond acceptors (Lipinski definition) is 5. The fraction of sp³-hybridized carbons (Fsp3) is 0.619. The molecular formula is C21H30ClN3O3. The van der Waals surface area contributed by atoms with Crippen molar-refractivity contribution >= 4 is 17.5 Å². The van der Waals surface area contributed by atoms with Crippen molar-refractivity contribution < 1.29 is 14.3 Å². The van der Waals surface area contributed by atoms with Gasteiger partial charge < -0.3 is 14.4 Å². The minimum absolute atomic E-state index is 0.0895. The number of amides is 1. The molecule has 0 bridgehead atoms. The van der Waals surface area contributed by atoms with Crippen LogP contribution in [0.4, 0.5) is 0 Å². The van der Waals surface area contributed by atoms with Gasteiger partial charge in [-0.2, -0.15) is 5.26 Å². The van der Waals surface area contributed by atoms with E-state index < -0.39 is 0 Å². The molecule has 1 atom stereocenters. The number of nitrogens with zero attached hydrogens (tertiary/aromatic N) is 3. The lowest BCUT2D eigenvalue weighted by molar-refractivity contribution is 0.0576. The van der Waals surface area contributed by atoms with Crippen LogP contribution >= 0.6 is 11.6 Å². The smallest absolute Gasteiger partial charge is 0.254 e. The molecule has 0 spiro atoms. The molecule has 7 heteroatoms. The summed E-state index contributed by atoms with van der Waals surface area (Å²) in [5.41, 5.74) is 0.480. The van der Waals surface area contributed by atoms with Crippen LogP contribution in [-0.4, -0.2) is 61.6 Å². The Kier molecular flexibility index (Phi) is 7.97. The molecular weight excluding hydrogens is 378 g/mol. The zero-order valence-corrected chi connectivity index (χ0v) is 18.1. The number of nitriles is 1. The molecule has 1 unspecified atom stereocenters. The predicted octanol–water partition coefficient (Wildman–Crippen LogP) is 3.69. The second kappa shape index (κ2) is 9.99. The van der Waals surface area contributed by atoms with Gasteiger partial charge in [-0.25, -0.2) is 0 Å². The van der Waals surface area contributed by atoms with Crippen molar-refractivity contribution in [1.82, 2.24) is 9.80 Å². The highest BCUT2D eigenvalue weighted by atomic mass is 35.5. The van der Waals surface area contributed by atoms with Crippen LogP contribution in [0.5, 0.6) is 11.5 Å². The van der Waals surface area contributed by atoms with Gasteiger partial charge in [-0.15, -0.1) is 0 Å². The summed E-state index contributed by atoms with van der Waals surface area (Å²) >= 11 is 6.38. The number of piperazine rings is 1. The first-order valence-electron chi connectivity index (χ1n) is 9.71. The second-order valence-electron chi connectivity index (χ2n) is 7.84. The van der Waals surface area contributed by atoms with Gasteiger partial charge in [0, 0.05) is 31.7 Å². The second-order valence-corrected chi connectivity index (χ2v) is 8.25. The van der Waals surface area contributed by atoms with E-state index in [1.807, 2.05) is 27.7 Å². The monoisotopic (exact) mass is 407 g/mol. The maximum atomic E-state index is 13.0. The van der Waals surface area contributed by atoms with Gasteiger partial charge in [-0.1, -0.05) is 39.3 Å². The quantitative estimate of drug-likeness (QED) is 0.689. The molecule has 0 N–H and O–H groups in total. The van der Waals surface area contributed by atoms with E-state index in [9.17, 15) is 10.1 Å². The van der Waals surface area contributed by atoms with Crippen LogP contribution in [0.2, 0.25) is 5.02 Å². The highest BCUT2D eigenvalue weighted by Gasteiger charge is 2.29. The number of halogens is 1. The van der Waals surface area contributed by atoms with E-state index >= 15 is 0 Å². The molecule has 1 saturated heterocycles. The molecule has 0 saturated carbocycles. The third-order valence-electron chi connectivity index (χ3n) is 4.80. The molecule has 1 fully saturated rings. The van der Waals surface area contributed by atoms with Gasteiger partial charge in [0.25, 0.3) is 5.91 Å². The highest BCUT2D eigenvalue weighted by molar-refractivity contribution is 6.32. The average Bonchev–Trinajstić information content (AvgIpc) is 2.66. The molecule has 1 aromatic rings. The molecule has 28 heavy (non-hydrogen) atoms. The Morgan fingerprint density at radius 1 is 1.21 bits per heavy atom. The van der Waals surface area contributed by atoms with Crippen LogP contribution in [0.15, 0.2) is 12.1 Å².